The number of rotatable bonds is 17. The van der Waals surface area contributed by atoms with E-state index in [1.165, 1.54) is 6.92 Å². The molecular formula is C52H75N9O7. The Hall–Kier alpha value is -5.87. The molecule has 0 spiro atoms. The van der Waals surface area contributed by atoms with Crippen LogP contribution in [0.15, 0.2) is 60.9 Å². The molecule has 1 aliphatic heterocycles. The van der Waals surface area contributed by atoms with Gasteiger partial charge in [-0.2, -0.15) is 0 Å². The van der Waals surface area contributed by atoms with Crippen LogP contribution >= 0.6 is 0 Å². The van der Waals surface area contributed by atoms with Crippen LogP contribution in [-0.2, 0) is 33.6 Å². The summed E-state index contributed by atoms with van der Waals surface area (Å²) < 4.78 is 0. The van der Waals surface area contributed by atoms with Crippen molar-refractivity contribution >= 4 is 62.9 Å². The highest BCUT2D eigenvalue weighted by Crippen LogP contribution is 2.30. The molecule has 16 heteroatoms. The average Bonchev–Trinajstić information content (AvgIpc) is 3.93. The van der Waals surface area contributed by atoms with E-state index in [0.717, 1.165) is 53.9 Å². The summed E-state index contributed by atoms with van der Waals surface area (Å²) in [6.45, 7) is 4.48. The lowest BCUT2D eigenvalue weighted by atomic mass is 9.89. The number of benzene rings is 2. The number of aromatic nitrogens is 2. The van der Waals surface area contributed by atoms with Crippen LogP contribution in [0, 0.1) is 5.92 Å². The minimum atomic E-state index is -0.829. The molecule has 6 unspecified atom stereocenters. The van der Waals surface area contributed by atoms with Gasteiger partial charge < -0.3 is 52.8 Å². The smallest absolute Gasteiger partial charge is 0.222 e. The van der Waals surface area contributed by atoms with E-state index >= 15 is 0 Å². The van der Waals surface area contributed by atoms with Crippen LogP contribution in [-0.4, -0.2) is 82.3 Å². The third-order valence-electron chi connectivity index (χ3n) is 12.9. The zero-order valence-electron chi connectivity index (χ0n) is 40.1. The number of aromatic amines is 2. The number of amides is 5. The number of nitrogens with two attached hydrogens (primary N) is 2. The van der Waals surface area contributed by atoms with Gasteiger partial charge in [-0.3, -0.25) is 28.8 Å². The number of Topliss-reactive ketones (excluding diaryl/α,β-unsaturated/α-hetero) is 2. The topological polar surface area (TPSA) is 263 Å². The number of nitrogens with one attached hydrogen (secondary N) is 7. The first kappa shape index (κ1) is 53.1. The average molecular weight is 938 g/mol. The van der Waals surface area contributed by atoms with Gasteiger partial charge in [-0.05, 0) is 76.6 Å². The van der Waals surface area contributed by atoms with Gasteiger partial charge in [-0.1, -0.05) is 75.4 Å². The first-order valence-corrected chi connectivity index (χ1v) is 24.9. The predicted octanol–water partition coefficient (Wildman–Crippen LogP) is 6.26. The normalized spacial score (nSPS) is 22.5. The van der Waals surface area contributed by atoms with Crippen molar-refractivity contribution in [1.29, 1.82) is 0 Å². The van der Waals surface area contributed by atoms with E-state index in [0.29, 0.717) is 56.3 Å². The quantitative estimate of drug-likeness (QED) is 0.0541. The maximum absolute atomic E-state index is 14.4. The van der Waals surface area contributed by atoms with Crippen LogP contribution in [0.1, 0.15) is 159 Å². The highest BCUT2D eigenvalue weighted by molar-refractivity contribution is 5.90. The Morgan fingerprint density at radius 1 is 0.515 bits per heavy atom. The maximum Gasteiger partial charge on any atom is 0.222 e. The number of ketones is 2. The molecule has 5 amide bonds. The minimum Gasteiger partial charge on any atom is -0.361 e. The minimum absolute atomic E-state index is 0.000175. The number of hydrogen-bond donors (Lipinski definition) is 9. The molecular weight excluding hydrogens is 863 g/mol. The summed E-state index contributed by atoms with van der Waals surface area (Å²) in [5, 5.41) is 17.1. The highest BCUT2D eigenvalue weighted by atomic mass is 16.2. The van der Waals surface area contributed by atoms with Gasteiger partial charge in [0.25, 0.3) is 0 Å². The van der Waals surface area contributed by atoms with E-state index in [1.807, 2.05) is 48.5 Å². The second-order valence-electron chi connectivity index (χ2n) is 18.8. The number of H-pyrrole nitrogens is 2. The van der Waals surface area contributed by atoms with Crippen LogP contribution in [0.3, 0.4) is 0 Å². The van der Waals surface area contributed by atoms with Crippen molar-refractivity contribution in [3.8, 4) is 0 Å². The van der Waals surface area contributed by atoms with Gasteiger partial charge in [-0.25, -0.2) is 0 Å². The lowest BCUT2D eigenvalue weighted by Crippen LogP contribution is -2.44. The third kappa shape index (κ3) is 17.3. The second-order valence-corrected chi connectivity index (χ2v) is 18.8. The molecule has 3 heterocycles. The van der Waals surface area contributed by atoms with Gasteiger partial charge >= 0.3 is 0 Å². The monoisotopic (exact) mass is 938 g/mol. The molecule has 1 aliphatic rings. The van der Waals surface area contributed by atoms with Crippen LogP contribution < -0.4 is 38.1 Å². The van der Waals surface area contributed by atoms with Crippen LogP contribution in [0.2, 0.25) is 0 Å². The van der Waals surface area contributed by atoms with E-state index in [4.69, 9.17) is 11.5 Å². The Labute approximate surface area is 400 Å². The Morgan fingerprint density at radius 2 is 0.956 bits per heavy atom. The molecule has 1 fully saturated rings. The highest BCUT2D eigenvalue weighted by Gasteiger charge is 2.30. The first-order valence-electron chi connectivity index (χ1n) is 24.9. The summed E-state index contributed by atoms with van der Waals surface area (Å²) in [4.78, 5) is 103. The number of para-hydroxylation sites is 2. The Balaban J connectivity index is 1.51. The van der Waals surface area contributed by atoms with Crippen molar-refractivity contribution in [2.75, 3.05) is 13.1 Å². The fourth-order valence-electron chi connectivity index (χ4n) is 9.45. The Bertz CT molecular complexity index is 2290. The fraction of sp³-hybridized carbons (Fsp3) is 0.558. The number of fused-ring (bicyclic) bond motifs is 2. The van der Waals surface area contributed by atoms with Crippen molar-refractivity contribution in [3.05, 3.63) is 72.1 Å². The van der Waals surface area contributed by atoms with Gasteiger partial charge in [0.1, 0.15) is 11.6 Å². The summed E-state index contributed by atoms with van der Waals surface area (Å²) >= 11 is 0. The summed E-state index contributed by atoms with van der Waals surface area (Å²) in [6, 6.07) is 11.9. The van der Waals surface area contributed by atoms with E-state index < -0.39 is 42.0 Å². The maximum atomic E-state index is 14.4. The molecule has 1 saturated heterocycles. The number of hydrogen-bond acceptors (Lipinski definition) is 9. The largest absolute Gasteiger partial charge is 0.361 e. The number of unbranched alkanes of at least 4 members (excludes halogenated alkanes) is 4. The molecule has 0 aliphatic carbocycles. The molecule has 370 valence electrons. The summed E-state index contributed by atoms with van der Waals surface area (Å²) in [6.07, 6.45) is 10.8. The van der Waals surface area contributed by atoms with Gasteiger partial charge in [0.2, 0.25) is 29.5 Å². The number of carbonyl (C=O) groups is 7. The van der Waals surface area contributed by atoms with Crippen molar-refractivity contribution in [2.45, 2.75) is 166 Å². The predicted molar refractivity (Wildman–Crippen MR) is 265 cm³/mol. The lowest BCUT2D eigenvalue weighted by Gasteiger charge is -2.26. The standard InChI is InChI=1S/C52H75N9O7/c1-3-4-5-15-37-28-49(65)57-36(16-11-13-24-54)27-39(63)25-35(14-10-12-23-53)26-48(64)59-38(22-21-34(2)62)29-50(66)60-47(43-33-56-45-20-9-7-18-41(43)45)31-52(68)61-46(30-51(67)58-37)42-32-55-44-19-8-6-17-40(42)44/h6-9,17-20,32-33,35-38,46-47,55-56H,3-5,10-16,21-31,53-54H2,1-2H3,(H,57,65)(H,58,67)(H,59,64)(H,60,66)(H,61,68). The van der Waals surface area contributed by atoms with Crippen molar-refractivity contribution < 1.29 is 33.6 Å². The Morgan fingerprint density at radius 3 is 1.49 bits per heavy atom. The van der Waals surface area contributed by atoms with Crippen molar-refractivity contribution in [1.82, 2.24) is 36.6 Å². The molecule has 16 nitrogen and oxygen atoms in total. The van der Waals surface area contributed by atoms with E-state index in [-0.39, 0.29) is 93.0 Å². The molecule has 11 N–H and O–H groups in total. The van der Waals surface area contributed by atoms with E-state index in [1.54, 1.807) is 12.4 Å². The molecule has 5 rings (SSSR count). The van der Waals surface area contributed by atoms with Crippen LogP contribution in [0.4, 0.5) is 0 Å². The fourth-order valence-corrected chi connectivity index (χ4v) is 9.45. The zero-order valence-corrected chi connectivity index (χ0v) is 40.1. The molecule has 68 heavy (non-hydrogen) atoms. The summed E-state index contributed by atoms with van der Waals surface area (Å²) in [5.41, 5.74) is 14.7. The zero-order chi connectivity index (χ0) is 48.8. The van der Waals surface area contributed by atoms with Crippen molar-refractivity contribution in [3.63, 3.8) is 0 Å². The molecule has 2 aromatic carbocycles. The molecule has 2 aromatic heterocycles. The molecule has 0 radical (unpaired) electrons. The molecule has 4 aromatic rings. The van der Waals surface area contributed by atoms with Gasteiger partial charge in [0.05, 0.1) is 24.9 Å². The first-order chi connectivity index (χ1) is 32.8. The van der Waals surface area contributed by atoms with Crippen LogP contribution in [0.25, 0.3) is 21.8 Å². The van der Waals surface area contributed by atoms with E-state index in [2.05, 4.69) is 43.5 Å². The van der Waals surface area contributed by atoms with Gasteiger partial charge in [0.15, 0.2) is 0 Å². The van der Waals surface area contributed by atoms with Crippen molar-refractivity contribution in [2.24, 2.45) is 17.4 Å². The summed E-state index contributed by atoms with van der Waals surface area (Å²) in [5.74, 6) is -2.33. The van der Waals surface area contributed by atoms with Gasteiger partial charge in [0, 0.05) is 102 Å². The number of carbonyl (C=O) groups excluding carboxylic acids is 7. The third-order valence-corrected chi connectivity index (χ3v) is 12.9. The van der Waals surface area contributed by atoms with Gasteiger partial charge in [-0.15, -0.1) is 0 Å². The summed E-state index contributed by atoms with van der Waals surface area (Å²) in [7, 11) is 0. The second kappa shape index (κ2) is 27.8. The lowest BCUT2D eigenvalue weighted by molar-refractivity contribution is -0.126. The van der Waals surface area contributed by atoms with Crippen LogP contribution in [0.5, 0.6) is 0 Å². The van der Waals surface area contributed by atoms with E-state index in [9.17, 15) is 33.6 Å². The SMILES string of the molecule is CCCCCC1CC(=O)NC(CCCCN)CC(=O)CC(CCCCN)CC(=O)NC(CCC(C)=O)CC(=O)NC(c2c[nH]c3ccccc23)CC(=O)NC(c2c[nH]c3ccccc23)CC(=O)N1. The molecule has 0 saturated carbocycles. The molecule has 6 atom stereocenters. The molecule has 0 bridgehead atoms. The Kier molecular flexibility index (Phi) is 21.7.